The molecule has 2 atom stereocenters. The summed E-state index contributed by atoms with van der Waals surface area (Å²) < 4.78 is 5.13. The molecule has 5 rings (SSSR count). The Kier molecular flexibility index (Phi) is 5.36. The number of amides is 1. The van der Waals surface area contributed by atoms with Crippen LogP contribution in [0.1, 0.15) is 30.1 Å². The first kappa shape index (κ1) is 18.3. The smallest absolute Gasteiger partial charge is 0.251 e. The van der Waals surface area contributed by atoms with Gasteiger partial charge in [-0.3, -0.25) is 9.69 Å². The fourth-order valence-corrected chi connectivity index (χ4v) is 4.88. The van der Waals surface area contributed by atoms with Crippen LogP contribution in [0, 0.1) is 5.92 Å². The molecule has 1 aromatic carbocycles. The lowest BCUT2D eigenvalue weighted by molar-refractivity contribution is 0.0217. The van der Waals surface area contributed by atoms with Crippen molar-refractivity contribution in [2.45, 2.75) is 41.8 Å². The minimum atomic E-state index is 0.0275. The number of ether oxygens (including phenoxy) is 1. The zero-order valence-corrected chi connectivity index (χ0v) is 16.5. The molecule has 142 valence electrons. The van der Waals surface area contributed by atoms with Crippen molar-refractivity contribution in [1.29, 1.82) is 0 Å². The predicted molar refractivity (Wildman–Crippen MR) is 106 cm³/mol. The van der Waals surface area contributed by atoms with Crippen LogP contribution in [0.3, 0.4) is 0 Å². The Balaban J connectivity index is 1.38. The van der Waals surface area contributed by atoms with Crippen molar-refractivity contribution in [3.05, 3.63) is 48.2 Å². The van der Waals surface area contributed by atoms with Crippen molar-refractivity contribution in [1.82, 2.24) is 15.2 Å². The molecule has 1 N–H and O–H groups in total. The second kappa shape index (κ2) is 7.90. The quantitative estimate of drug-likeness (QED) is 0.857. The maximum atomic E-state index is 12.7. The Hall–Kier alpha value is -2.05. The van der Waals surface area contributed by atoms with Crippen LogP contribution in [-0.4, -0.2) is 48.1 Å². The van der Waals surface area contributed by atoms with Gasteiger partial charge in [0.05, 0.1) is 13.3 Å². The van der Waals surface area contributed by atoms with Crippen LogP contribution < -0.4 is 10.1 Å². The first-order valence-corrected chi connectivity index (χ1v) is 10.3. The number of nitrogens with one attached hydrogen (secondary N) is 1. The normalized spacial score (nSPS) is 26.6. The Morgan fingerprint density at radius 2 is 1.93 bits per heavy atom. The molecular weight excluding hydrogens is 358 g/mol. The van der Waals surface area contributed by atoms with Crippen LogP contribution in [0.4, 0.5) is 0 Å². The highest BCUT2D eigenvalue weighted by molar-refractivity contribution is 7.99. The molecule has 0 radical (unpaired) electrons. The molecule has 2 aromatic rings. The predicted octanol–water partition coefficient (Wildman–Crippen LogP) is 3.45. The number of nitrogens with zero attached hydrogens (tertiary/aromatic N) is 2. The molecule has 6 heteroatoms. The van der Waals surface area contributed by atoms with E-state index in [1.807, 2.05) is 36.4 Å². The molecule has 2 bridgehead atoms. The van der Waals surface area contributed by atoms with Crippen molar-refractivity contribution >= 4 is 17.7 Å². The molecule has 27 heavy (non-hydrogen) atoms. The average Bonchev–Trinajstić information content (AvgIpc) is 2.72. The van der Waals surface area contributed by atoms with Crippen molar-refractivity contribution in [3.63, 3.8) is 0 Å². The van der Waals surface area contributed by atoms with Crippen LogP contribution in [0.5, 0.6) is 5.75 Å². The number of methoxy groups -OCH3 is 1. The number of rotatable bonds is 5. The van der Waals surface area contributed by atoms with Gasteiger partial charge in [-0.25, -0.2) is 4.98 Å². The van der Waals surface area contributed by atoms with Gasteiger partial charge in [0.15, 0.2) is 0 Å². The number of carbonyl (C=O) groups excluding carboxylic acids is 1. The summed E-state index contributed by atoms with van der Waals surface area (Å²) in [6, 6.07) is 12.3. The van der Waals surface area contributed by atoms with Crippen molar-refractivity contribution < 1.29 is 9.53 Å². The summed E-state index contributed by atoms with van der Waals surface area (Å²) in [5, 5.41) is 4.18. The van der Waals surface area contributed by atoms with Crippen molar-refractivity contribution in [3.8, 4) is 5.75 Å². The Morgan fingerprint density at radius 3 is 2.52 bits per heavy atom. The minimum Gasteiger partial charge on any atom is -0.495 e. The summed E-state index contributed by atoms with van der Waals surface area (Å²) in [7, 11) is 1.63. The molecule has 3 fully saturated rings. The third-order valence-corrected chi connectivity index (χ3v) is 6.72. The zero-order valence-electron chi connectivity index (χ0n) is 15.7. The summed E-state index contributed by atoms with van der Waals surface area (Å²) >= 11 is 1.57. The molecule has 0 saturated carbocycles. The van der Waals surface area contributed by atoms with Crippen LogP contribution in [-0.2, 0) is 0 Å². The Morgan fingerprint density at radius 1 is 1.19 bits per heavy atom. The van der Waals surface area contributed by atoms with Gasteiger partial charge in [0, 0.05) is 22.5 Å². The molecule has 3 aliphatic rings. The minimum absolute atomic E-state index is 0.0275. The van der Waals surface area contributed by atoms with E-state index < -0.39 is 0 Å². The van der Waals surface area contributed by atoms with E-state index in [9.17, 15) is 4.79 Å². The van der Waals surface area contributed by atoms with E-state index >= 15 is 0 Å². The maximum absolute atomic E-state index is 12.7. The van der Waals surface area contributed by atoms with E-state index in [0.717, 1.165) is 15.7 Å². The molecule has 3 aliphatic heterocycles. The van der Waals surface area contributed by atoms with E-state index in [4.69, 9.17) is 4.74 Å². The fraction of sp³-hybridized carbons (Fsp3) is 0.429. The topological polar surface area (TPSA) is 54.5 Å². The second-order valence-corrected chi connectivity index (χ2v) is 8.37. The lowest BCUT2D eigenvalue weighted by Crippen LogP contribution is -2.62. The van der Waals surface area contributed by atoms with Crippen LogP contribution in [0.2, 0.25) is 0 Å². The average molecular weight is 384 g/mol. The lowest BCUT2D eigenvalue weighted by atomic mass is 9.79. The fourth-order valence-electron chi connectivity index (χ4n) is 4.12. The van der Waals surface area contributed by atoms with Crippen LogP contribution >= 0.6 is 11.8 Å². The number of piperidine rings is 3. The SMILES string of the molecule is COc1ccc(Sc2ccc(C(=O)NC3C4CCN(CC4)C3C)cc2)nc1. The van der Waals surface area contributed by atoms with Gasteiger partial charge in [-0.05, 0) is 75.2 Å². The first-order valence-electron chi connectivity index (χ1n) is 9.47. The number of benzene rings is 1. The molecule has 1 amide bonds. The van der Waals surface area contributed by atoms with Gasteiger partial charge in [-0.1, -0.05) is 11.8 Å². The molecular formula is C21H25N3O2S. The first-order chi connectivity index (χ1) is 13.1. The summed E-state index contributed by atoms with van der Waals surface area (Å²) in [6.45, 7) is 4.57. The summed E-state index contributed by atoms with van der Waals surface area (Å²) in [5.74, 6) is 1.39. The number of pyridine rings is 1. The number of hydrogen-bond donors (Lipinski definition) is 1. The van der Waals surface area contributed by atoms with E-state index in [0.29, 0.717) is 17.5 Å². The van der Waals surface area contributed by atoms with E-state index in [1.54, 1.807) is 25.1 Å². The number of carbonyl (C=O) groups is 1. The molecule has 0 spiro atoms. The van der Waals surface area contributed by atoms with Gasteiger partial charge in [0.2, 0.25) is 0 Å². The summed E-state index contributed by atoms with van der Waals surface area (Å²) in [5.41, 5.74) is 0.714. The molecule has 2 unspecified atom stereocenters. The van der Waals surface area contributed by atoms with Gasteiger partial charge in [0.1, 0.15) is 10.8 Å². The monoisotopic (exact) mass is 383 g/mol. The van der Waals surface area contributed by atoms with E-state index in [1.165, 1.54) is 25.9 Å². The Bertz CT molecular complexity index is 784. The molecule has 0 aliphatic carbocycles. The van der Waals surface area contributed by atoms with Gasteiger partial charge in [-0.15, -0.1) is 0 Å². The standard InChI is InChI=1S/C21H25N3O2S/c1-14-20(15-9-11-24(14)12-10-15)23-21(25)16-3-6-18(7-4-16)27-19-8-5-17(26-2)13-22-19/h3-8,13-15,20H,9-12H2,1-2H3,(H,23,25). The van der Waals surface area contributed by atoms with Crippen LogP contribution in [0.15, 0.2) is 52.5 Å². The highest BCUT2D eigenvalue weighted by Crippen LogP contribution is 2.32. The molecule has 1 aromatic heterocycles. The summed E-state index contributed by atoms with van der Waals surface area (Å²) in [4.78, 5) is 20.6. The Labute approximate surface area is 164 Å². The summed E-state index contributed by atoms with van der Waals surface area (Å²) in [6.07, 6.45) is 4.10. The second-order valence-electron chi connectivity index (χ2n) is 7.28. The number of hydrogen-bond acceptors (Lipinski definition) is 5. The third kappa shape index (κ3) is 3.96. The number of fused-ring (bicyclic) bond motifs is 3. The van der Waals surface area contributed by atoms with E-state index in [2.05, 4.69) is 22.1 Å². The van der Waals surface area contributed by atoms with E-state index in [-0.39, 0.29) is 11.9 Å². The molecule has 5 nitrogen and oxygen atoms in total. The lowest BCUT2D eigenvalue weighted by Gasteiger charge is -2.49. The highest BCUT2D eigenvalue weighted by atomic mass is 32.2. The number of aromatic nitrogens is 1. The van der Waals surface area contributed by atoms with Gasteiger partial charge in [0.25, 0.3) is 5.91 Å². The highest BCUT2D eigenvalue weighted by Gasteiger charge is 2.40. The van der Waals surface area contributed by atoms with Crippen LogP contribution in [0.25, 0.3) is 0 Å². The van der Waals surface area contributed by atoms with Crippen molar-refractivity contribution in [2.24, 2.45) is 5.92 Å². The largest absolute Gasteiger partial charge is 0.495 e. The van der Waals surface area contributed by atoms with Crippen molar-refractivity contribution in [2.75, 3.05) is 20.2 Å². The third-order valence-electron chi connectivity index (χ3n) is 5.76. The van der Waals surface area contributed by atoms with Gasteiger partial charge in [-0.2, -0.15) is 0 Å². The van der Waals surface area contributed by atoms with Gasteiger partial charge < -0.3 is 10.1 Å². The zero-order chi connectivity index (χ0) is 18.8. The van der Waals surface area contributed by atoms with Gasteiger partial charge >= 0.3 is 0 Å². The molecule has 4 heterocycles. The molecule has 3 saturated heterocycles. The maximum Gasteiger partial charge on any atom is 0.251 e.